The molecule has 0 fully saturated rings. The van der Waals surface area contributed by atoms with Gasteiger partial charge in [-0.25, -0.2) is 4.39 Å². The third kappa shape index (κ3) is 2.27. The van der Waals surface area contributed by atoms with Gasteiger partial charge in [-0.3, -0.25) is 9.48 Å². The zero-order valence-corrected chi connectivity index (χ0v) is 7.49. The molecule has 0 aliphatic heterocycles. The van der Waals surface area contributed by atoms with Gasteiger partial charge in [0.2, 0.25) is 0 Å². The van der Waals surface area contributed by atoms with E-state index in [1.54, 1.807) is 7.05 Å². The molecule has 1 atom stereocenters. The molecule has 0 radical (unpaired) electrons. The smallest absolute Gasteiger partial charge is 0.306 e. The highest BCUT2D eigenvalue weighted by molar-refractivity contribution is 5.68. The van der Waals surface area contributed by atoms with Crippen LogP contribution in [0.4, 0.5) is 4.39 Å². The number of hydrogen-bond acceptors (Lipinski definition) is 2. The van der Waals surface area contributed by atoms with Crippen molar-refractivity contribution in [3.63, 3.8) is 0 Å². The molecule has 0 aliphatic carbocycles. The molecule has 1 N–H and O–H groups in total. The first-order chi connectivity index (χ1) is 5.92. The zero-order valence-electron chi connectivity index (χ0n) is 7.49. The van der Waals surface area contributed by atoms with Crippen LogP contribution in [0.15, 0.2) is 12.4 Å². The quantitative estimate of drug-likeness (QED) is 0.768. The summed E-state index contributed by atoms with van der Waals surface area (Å²) in [5.41, 5.74) is -1.56. The number of rotatable bonds is 3. The third-order valence-corrected chi connectivity index (χ3v) is 1.79. The molecule has 1 rings (SSSR count). The number of alkyl halides is 1. The summed E-state index contributed by atoms with van der Waals surface area (Å²) in [4.78, 5) is 10.3. The Hall–Kier alpha value is -1.39. The topological polar surface area (TPSA) is 55.1 Å². The van der Waals surface area contributed by atoms with E-state index in [1.165, 1.54) is 24.0 Å². The number of halogens is 1. The van der Waals surface area contributed by atoms with Crippen molar-refractivity contribution >= 4 is 5.97 Å². The zero-order chi connectivity index (χ0) is 10.1. The summed E-state index contributed by atoms with van der Waals surface area (Å²) >= 11 is 0. The SMILES string of the molecule is Cn1cc(C(C)(F)CC(=O)O)cn1. The minimum atomic E-state index is -1.85. The molecule has 0 aliphatic rings. The Morgan fingerprint density at radius 2 is 2.46 bits per heavy atom. The Kier molecular flexibility index (Phi) is 2.36. The molecule has 13 heavy (non-hydrogen) atoms. The Bertz CT molecular complexity index is 320. The number of aromatic nitrogens is 2. The van der Waals surface area contributed by atoms with Crippen molar-refractivity contribution in [2.75, 3.05) is 0 Å². The highest BCUT2D eigenvalue weighted by atomic mass is 19.1. The molecule has 1 aromatic rings. The number of aryl methyl sites for hydroxylation is 1. The molecule has 0 saturated heterocycles. The van der Waals surface area contributed by atoms with E-state index in [0.717, 1.165) is 0 Å². The van der Waals surface area contributed by atoms with E-state index in [4.69, 9.17) is 5.11 Å². The number of carboxylic acid groups (broad SMARTS) is 1. The van der Waals surface area contributed by atoms with Gasteiger partial charge in [0, 0.05) is 18.8 Å². The van der Waals surface area contributed by atoms with Gasteiger partial charge < -0.3 is 5.11 Å². The minimum absolute atomic E-state index is 0.289. The van der Waals surface area contributed by atoms with Gasteiger partial charge in [0.05, 0.1) is 12.6 Å². The van der Waals surface area contributed by atoms with Crippen LogP contribution in [-0.2, 0) is 17.5 Å². The van der Waals surface area contributed by atoms with Crippen LogP contribution in [0.2, 0.25) is 0 Å². The molecule has 0 saturated carbocycles. The number of nitrogens with zero attached hydrogens (tertiary/aromatic N) is 2. The summed E-state index contributed by atoms with van der Waals surface area (Å²) in [7, 11) is 1.65. The Labute approximate surface area is 75.0 Å². The largest absolute Gasteiger partial charge is 0.481 e. The molecule has 72 valence electrons. The summed E-state index contributed by atoms with van der Waals surface area (Å²) in [6.07, 6.45) is 2.27. The summed E-state index contributed by atoms with van der Waals surface area (Å²) in [5, 5.41) is 12.2. The van der Waals surface area contributed by atoms with Crippen molar-refractivity contribution in [1.82, 2.24) is 9.78 Å². The van der Waals surface area contributed by atoms with Crippen molar-refractivity contribution in [2.45, 2.75) is 19.0 Å². The summed E-state index contributed by atoms with van der Waals surface area (Å²) in [5.74, 6) is -1.16. The van der Waals surface area contributed by atoms with Crippen molar-refractivity contribution < 1.29 is 14.3 Å². The maximum atomic E-state index is 13.7. The Morgan fingerprint density at radius 3 is 2.85 bits per heavy atom. The van der Waals surface area contributed by atoms with E-state index in [9.17, 15) is 9.18 Å². The highest BCUT2D eigenvalue weighted by Crippen LogP contribution is 2.28. The van der Waals surface area contributed by atoms with Gasteiger partial charge >= 0.3 is 5.97 Å². The number of carboxylic acids is 1. The van der Waals surface area contributed by atoms with Gasteiger partial charge in [-0.1, -0.05) is 0 Å². The van der Waals surface area contributed by atoms with E-state index in [2.05, 4.69) is 5.10 Å². The molecule has 1 heterocycles. The van der Waals surface area contributed by atoms with Crippen molar-refractivity contribution in [1.29, 1.82) is 0 Å². The second kappa shape index (κ2) is 3.16. The van der Waals surface area contributed by atoms with E-state index < -0.39 is 18.1 Å². The van der Waals surface area contributed by atoms with E-state index >= 15 is 0 Å². The average molecular weight is 186 g/mol. The molecule has 5 heteroatoms. The maximum absolute atomic E-state index is 13.7. The third-order valence-electron chi connectivity index (χ3n) is 1.79. The van der Waals surface area contributed by atoms with Crippen LogP contribution in [0.25, 0.3) is 0 Å². The first-order valence-corrected chi connectivity index (χ1v) is 3.81. The van der Waals surface area contributed by atoms with Crippen molar-refractivity contribution in [2.24, 2.45) is 7.05 Å². The first-order valence-electron chi connectivity index (χ1n) is 3.81. The first kappa shape index (κ1) is 9.70. The lowest BCUT2D eigenvalue weighted by Crippen LogP contribution is -2.19. The van der Waals surface area contributed by atoms with Gasteiger partial charge in [-0.05, 0) is 6.92 Å². The van der Waals surface area contributed by atoms with Gasteiger partial charge in [0.25, 0.3) is 0 Å². The normalized spacial score (nSPS) is 15.3. The highest BCUT2D eigenvalue weighted by Gasteiger charge is 2.30. The monoisotopic (exact) mass is 186 g/mol. The van der Waals surface area contributed by atoms with E-state index in [1.807, 2.05) is 0 Å². The lowest BCUT2D eigenvalue weighted by atomic mass is 9.98. The number of carbonyl (C=O) groups is 1. The molecular weight excluding hydrogens is 175 g/mol. The molecule has 0 amide bonds. The predicted octanol–water partition coefficient (Wildman–Crippen LogP) is 1.08. The molecular formula is C8H11FN2O2. The molecule has 1 aromatic heterocycles. The van der Waals surface area contributed by atoms with E-state index in [-0.39, 0.29) is 5.56 Å². The van der Waals surface area contributed by atoms with Crippen LogP contribution in [0, 0.1) is 0 Å². The van der Waals surface area contributed by atoms with Crippen LogP contribution < -0.4 is 0 Å². The van der Waals surface area contributed by atoms with Gasteiger partial charge in [-0.15, -0.1) is 0 Å². The molecule has 4 nitrogen and oxygen atoms in total. The fourth-order valence-electron chi connectivity index (χ4n) is 1.08. The molecule has 0 aromatic carbocycles. The van der Waals surface area contributed by atoms with Crippen molar-refractivity contribution in [3.05, 3.63) is 18.0 Å². The van der Waals surface area contributed by atoms with Crippen molar-refractivity contribution in [3.8, 4) is 0 Å². The second-order valence-electron chi connectivity index (χ2n) is 3.17. The fraction of sp³-hybridized carbons (Fsp3) is 0.500. The summed E-state index contributed by atoms with van der Waals surface area (Å²) in [6, 6.07) is 0. The maximum Gasteiger partial charge on any atom is 0.306 e. The minimum Gasteiger partial charge on any atom is -0.481 e. The molecule has 0 bridgehead atoms. The van der Waals surface area contributed by atoms with Gasteiger partial charge in [0.15, 0.2) is 0 Å². The van der Waals surface area contributed by atoms with Crippen LogP contribution in [0.5, 0.6) is 0 Å². The van der Waals surface area contributed by atoms with Gasteiger partial charge in [-0.2, -0.15) is 5.10 Å². The van der Waals surface area contributed by atoms with Crippen LogP contribution in [0.1, 0.15) is 18.9 Å². The number of aliphatic carboxylic acids is 1. The lowest BCUT2D eigenvalue weighted by molar-refractivity contribution is -0.140. The van der Waals surface area contributed by atoms with Crippen LogP contribution in [-0.4, -0.2) is 20.9 Å². The Balaban J connectivity index is 2.86. The Morgan fingerprint density at radius 1 is 1.85 bits per heavy atom. The van der Waals surface area contributed by atoms with Crippen LogP contribution in [0.3, 0.4) is 0 Å². The van der Waals surface area contributed by atoms with Crippen LogP contribution >= 0.6 is 0 Å². The predicted molar refractivity (Wildman–Crippen MR) is 43.9 cm³/mol. The summed E-state index contributed by atoms with van der Waals surface area (Å²) < 4.78 is 15.1. The molecule has 0 spiro atoms. The average Bonchev–Trinajstić information content (AvgIpc) is 2.32. The second-order valence-corrected chi connectivity index (χ2v) is 3.17. The standard InChI is InChI=1S/C8H11FN2O2/c1-8(9,3-7(12)13)6-4-10-11(2)5-6/h4-5H,3H2,1-2H3,(H,12,13). The number of hydrogen-bond donors (Lipinski definition) is 1. The molecule has 1 unspecified atom stereocenters. The summed E-state index contributed by atoms with van der Waals surface area (Å²) in [6.45, 7) is 1.23. The lowest BCUT2D eigenvalue weighted by Gasteiger charge is -2.15. The van der Waals surface area contributed by atoms with E-state index in [0.29, 0.717) is 0 Å². The fourth-order valence-corrected chi connectivity index (χ4v) is 1.08. The van der Waals surface area contributed by atoms with Gasteiger partial charge in [0.1, 0.15) is 5.67 Å².